The molecule has 0 spiro atoms. The fourth-order valence-corrected chi connectivity index (χ4v) is 2.43. The largest absolute Gasteiger partial charge is 0.481 e. The summed E-state index contributed by atoms with van der Waals surface area (Å²) >= 11 is 0. The van der Waals surface area contributed by atoms with Crippen LogP contribution in [0, 0.1) is 22.7 Å². The van der Waals surface area contributed by atoms with Crippen molar-refractivity contribution in [1.29, 1.82) is 5.26 Å². The summed E-state index contributed by atoms with van der Waals surface area (Å²) in [7, 11) is 0. The van der Waals surface area contributed by atoms with Gasteiger partial charge in [0.1, 0.15) is 0 Å². The summed E-state index contributed by atoms with van der Waals surface area (Å²) < 4.78 is 0. The van der Waals surface area contributed by atoms with E-state index in [1.54, 1.807) is 0 Å². The molecule has 1 saturated heterocycles. The summed E-state index contributed by atoms with van der Waals surface area (Å²) in [6.45, 7) is 7.64. The number of nitrogens with zero attached hydrogens (tertiary/aromatic N) is 2. The Labute approximate surface area is 103 Å². The molecule has 1 aliphatic heterocycles. The highest BCUT2D eigenvalue weighted by Gasteiger charge is 2.35. The second-order valence-corrected chi connectivity index (χ2v) is 5.61. The van der Waals surface area contributed by atoms with Gasteiger partial charge in [0.05, 0.1) is 17.4 Å². The van der Waals surface area contributed by atoms with Gasteiger partial charge in [-0.25, -0.2) is 0 Å². The molecule has 0 aromatic rings. The minimum atomic E-state index is -0.683. The zero-order valence-electron chi connectivity index (χ0n) is 10.9. The lowest BCUT2D eigenvalue weighted by atomic mass is 9.90. The van der Waals surface area contributed by atoms with Crippen LogP contribution in [0.15, 0.2) is 0 Å². The van der Waals surface area contributed by atoms with E-state index in [1.165, 1.54) is 0 Å². The van der Waals surface area contributed by atoms with E-state index in [4.69, 9.17) is 10.4 Å². The number of rotatable bonds is 5. The Morgan fingerprint density at radius 1 is 1.59 bits per heavy atom. The van der Waals surface area contributed by atoms with Crippen molar-refractivity contribution in [3.63, 3.8) is 0 Å². The third kappa shape index (κ3) is 3.71. The van der Waals surface area contributed by atoms with E-state index < -0.39 is 5.97 Å². The number of nitriles is 1. The first-order valence-corrected chi connectivity index (χ1v) is 6.25. The monoisotopic (exact) mass is 238 g/mol. The number of likely N-dealkylation sites (tertiary alicyclic amines) is 1. The van der Waals surface area contributed by atoms with Gasteiger partial charge in [-0.1, -0.05) is 0 Å². The van der Waals surface area contributed by atoms with E-state index in [-0.39, 0.29) is 17.4 Å². The van der Waals surface area contributed by atoms with Gasteiger partial charge in [0.15, 0.2) is 0 Å². The van der Waals surface area contributed by atoms with E-state index >= 15 is 0 Å². The lowest BCUT2D eigenvalue weighted by molar-refractivity contribution is -0.142. The number of hydrogen-bond acceptors (Lipinski definition) is 3. The van der Waals surface area contributed by atoms with E-state index in [9.17, 15) is 4.79 Å². The molecule has 1 N–H and O–H groups in total. The third-order valence-electron chi connectivity index (χ3n) is 3.75. The molecule has 0 saturated carbocycles. The second-order valence-electron chi connectivity index (χ2n) is 5.61. The molecule has 1 aliphatic rings. The smallest absolute Gasteiger partial charge is 0.308 e. The average Bonchev–Trinajstić information content (AvgIpc) is 2.60. The lowest BCUT2D eigenvalue weighted by Gasteiger charge is -2.24. The van der Waals surface area contributed by atoms with Gasteiger partial charge in [0, 0.05) is 6.04 Å². The number of carbonyl (C=O) groups is 1. The van der Waals surface area contributed by atoms with Crippen molar-refractivity contribution in [3.8, 4) is 6.07 Å². The quantitative estimate of drug-likeness (QED) is 0.796. The normalized spacial score (nSPS) is 25.8. The molecule has 0 bridgehead atoms. The molecule has 4 heteroatoms. The lowest BCUT2D eigenvalue weighted by Crippen LogP contribution is -2.34. The van der Waals surface area contributed by atoms with E-state index in [2.05, 4.69) is 11.0 Å². The highest BCUT2D eigenvalue weighted by Crippen LogP contribution is 2.26. The highest BCUT2D eigenvalue weighted by atomic mass is 16.4. The van der Waals surface area contributed by atoms with Crippen molar-refractivity contribution in [2.24, 2.45) is 11.3 Å². The topological polar surface area (TPSA) is 64.3 Å². The van der Waals surface area contributed by atoms with Gasteiger partial charge >= 0.3 is 5.97 Å². The summed E-state index contributed by atoms with van der Waals surface area (Å²) in [4.78, 5) is 13.2. The highest BCUT2D eigenvalue weighted by molar-refractivity contribution is 5.71. The zero-order chi connectivity index (χ0) is 13.1. The number of carboxylic acid groups (broad SMARTS) is 1. The van der Waals surface area contributed by atoms with Gasteiger partial charge in [-0.05, 0) is 53.1 Å². The summed E-state index contributed by atoms with van der Waals surface area (Å²) in [5.74, 6) is -0.906. The Morgan fingerprint density at radius 3 is 2.71 bits per heavy atom. The molecule has 17 heavy (non-hydrogen) atoms. The zero-order valence-corrected chi connectivity index (χ0v) is 10.9. The maximum absolute atomic E-state index is 11.0. The molecular formula is C13H22N2O2. The molecule has 0 aromatic heterocycles. The van der Waals surface area contributed by atoms with E-state index in [0.29, 0.717) is 0 Å². The minimum absolute atomic E-state index is 0.123. The molecule has 96 valence electrons. The summed E-state index contributed by atoms with van der Waals surface area (Å²) in [6, 6.07) is 2.42. The fourth-order valence-electron chi connectivity index (χ4n) is 2.43. The number of aliphatic carboxylic acids is 1. The predicted octanol–water partition coefficient (Wildman–Crippen LogP) is 2.11. The van der Waals surface area contributed by atoms with Gasteiger partial charge in [0.2, 0.25) is 0 Å². The Bertz CT molecular complexity index is 320. The minimum Gasteiger partial charge on any atom is -0.481 e. The van der Waals surface area contributed by atoms with Crippen LogP contribution in [0.3, 0.4) is 0 Å². The maximum Gasteiger partial charge on any atom is 0.308 e. The van der Waals surface area contributed by atoms with Gasteiger partial charge in [-0.3, -0.25) is 9.69 Å². The van der Waals surface area contributed by atoms with Crippen LogP contribution < -0.4 is 0 Å². The predicted molar refractivity (Wildman–Crippen MR) is 65.4 cm³/mol. The number of hydrogen-bond donors (Lipinski definition) is 1. The molecule has 1 rings (SSSR count). The Balaban J connectivity index is 2.35. The van der Waals surface area contributed by atoms with Crippen molar-refractivity contribution in [2.75, 3.05) is 13.1 Å². The van der Waals surface area contributed by atoms with Gasteiger partial charge in [-0.15, -0.1) is 0 Å². The van der Waals surface area contributed by atoms with Gasteiger partial charge in [0.25, 0.3) is 0 Å². The maximum atomic E-state index is 11.0. The van der Waals surface area contributed by atoms with Crippen molar-refractivity contribution in [1.82, 2.24) is 4.90 Å². The molecule has 2 unspecified atom stereocenters. The molecule has 0 amide bonds. The standard InChI is InChI=1S/C13H22N2O2/c1-10-11(12(16)17)5-8-15(10)7-4-6-13(2,3)9-14/h10-11H,4-8H2,1-3H3,(H,16,17). The van der Waals surface area contributed by atoms with E-state index in [0.717, 1.165) is 32.4 Å². The molecular weight excluding hydrogens is 216 g/mol. The molecule has 0 aliphatic carbocycles. The Hall–Kier alpha value is -1.08. The van der Waals surface area contributed by atoms with E-state index in [1.807, 2.05) is 20.8 Å². The van der Waals surface area contributed by atoms with Crippen molar-refractivity contribution in [2.45, 2.75) is 46.1 Å². The summed E-state index contributed by atoms with van der Waals surface area (Å²) in [5.41, 5.74) is -0.269. The van der Waals surface area contributed by atoms with Crippen LogP contribution in [-0.2, 0) is 4.79 Å². The van der Waals surface area contributed by atoms with Crippen molar-refractivity contribution >= 4 is 5.97 Å². The summed E-state index contributed by atoms with van der Waals surface area (Å²) in [6.07, 6.45) is 2.57. The van der Waals surface area contributed by atoms with Crippen LogP contribution in [0.25, 0.3) is 0 Å². The third-order valence-corrected chi connectivity index (χ3v) is 3.75. The molecule has 2 atom stereocenters. The van der Waals surface area contributed by atoms with Crippen molar-refractivity contribution in [3.05, 3.63) is 0 Å². The average molecular weight is 238 g/mol. The molecule has 4 nitrogen and oxygen atoms in total. The first kappa shape index (κ1) is 14.0. The molecule has 1 fully saturated rings. The second kappa shape index (κ2) is 5.50. The first-order valence-electron chi connectivity index (χ1n) is 6.25. The molecule has 0 aromatic carbocycles. The number of carboxylic acids is 1. The van der Waals surface area contributed by atoms with Crippen LogP contribution in [0.2, 0.25) is 0 Å². The molecule has 1 heterocycles. The first-order chi connectivity index (χ1) is 7.87. The van der Waals surface area contributed by atoms with Crippen LogP contribution in [0.5, 0.6) is 0 Å². The molecule has 0 radical (unpaired) electrons. The van der Waals surface area contributed by atoms with Crippen LogP contribution in [0.4, 0.5) is 0 Å². The summed E-state index contributed by atoms with van der Waals surface area (Å²) in [5, 5.41) is 17.9. The van der Waals surface area contributed by atoms with Crippen LogP contribution in [-0.4, -0.2) is 35.1 Å². The van der Waals surface area contributed by atoms with Gasteiger partial charge in [-0.2, -0.15) is 5.26 Å². The Kier molecular flexibility index (Phi) is 4.53. The van der Waals surface area contributed by atoms with Gasteiger partial charge < -0.3 is 5.11 Å². The Morgan fingerprint density at radius 2 is 2.24 bits per heavy atom. The van der Waals surface area contributed by atoms with Crippen molar-refractivity contribution < 1.29 is 9.90 Å². The van der Waals surface area contributed by atoms with Crippen LogP contribution >= 0.6 is 0 Å². The SMILES string of the molecule is CC1C(C(=O)O)CCN1CCCC(C)(C)C#N. The fraction of sp³-hybridized carbons (Fsp3) is 0.846. The van der Waals surface area contributed by atoms with Crippen LogP contribution in [0.1, 0.15) is 40.0 Å².